The molecule has 146 valence electrons. The van der Waals surface area contributed by atoms with E-state index in [1.54, 1.807) is 0 Å². The van der Waals surface area contributed by atoms with Crippen LogP contribution in [0.25, 0.3) is 0 Å². The number of hydrogen-bond acceptors (Lipinski definition) is 8. The first-order chi connectivity index (χ1) is 12.8. The highest BCUT2D eigenvalue weighted by Crippen LogP contribution is 2.24. The van der Waals surface area contributed by atoms with Crippen LogP contribution in [0.15, 0.2) is 33.9 Å². The van der Waals surface area contributed by atoms with E-state index in [0.29, 0.717) is 24.0 Å². The summed E-state index contributed by atoms with van der Waals surface area (Å²) in [5.41, 5.74) is 1.77. The van der Waals surface area contributed by atoms with Crippen molar-refractivity contribution in [1.82, 2.24) is 10.2 Å². The van der Waals surface area contributed by atoms with Gasteiger partial charge in [0.25, 0.3) is 5.22 Å². The lowest BCUT2D eigenvalue weighted by Crippen LogP contribution is -2.14. The fraction of sp³-hybridized carbons (Fsp3) is 0.471. The number of amides is 1. The molecule has 0 saturated carbocycles. The van der Waals surface area contributed by atoms with E-state index in [-0.39, 0.29) is 29.1 Å². The number of aromatic nitrogens is 2. The van der Waals surface area contributed by atoms with E-state index < -0.39 is 9.84 Å². The SMILES string of the molecule is CN(C)c1ccc(NC(=O)CSc2nnc(C[C@H]3CCS(=O)(=O)C3)o2)cc1. The lowest BCUT2D eigenvalue weighted by atomic mass is 10.1. The normalized spacial score (nSPS) is 18.4. The second-order valence-electron chi connectivity index (χ2n) is 6.71. The fourth-order valence-corrected chi connectivity index (χ4v) is 5.27. The van der Waals surface area contributed by atoms with Crippen LogP contribution in [0.3, 0.4) is 0 Å². The first-order valence-electron chi connectivity index (χ1n) is 8.53. The van der Waals surface area contributed by atoms with Crippen LogP contribution in [0.1, 0.15) is 12.3 Å². The highest BCUT2D eigenvalue weighted by atomic mass is 32.2. The number of sulfone groups is 1. The highest BCUT2D eigenvalue weighted by molar-refractivity contribution is 7.99. The average Bonchev–Trinajstić information content (AvgIpc) is 3.19. The Balaban J connectivity index is 1.46. The molecular formula is C17H22N4O4S2. The van der Waals surface area contributed by atoms with Gasteiger partial charge in [-0.3, -0.25) is 4.79 Å². The van der Waals surface area contributed by atoms with E-state index in [9.17, 15) is 13.2 Å². The zero-order valence-electron chi connectivity index (χ0n) is 15.2. The van der Waals surface area contributed by atoms with Crippen molar-refractivity contribution in [3.63, 3.8) is 0 Å². The number of benzene rings is 1. The van der Waals surface area contributed by atoms with Gasteiger partial charge in [-0.2, -0.15) is 0 Å². The van der Waals surface area contributed by atoms with E-state index in [2.05, 4.69) is 15.5 Å². The van der Waals surface area contributed by atoms with Crippen LogP contribution in [0, 0.1) is 5.92 Å². The molecular weight excluding hydrogens is 388 g/mol. The van der Waals surface area contributed by atoms with Crippen LogP contribution in [-0.2, 0) is 21.1 Å². The zero-order chi connectivity index (χ0) is 19.4. The van der Waals surface area contributed by atoms with Gasteiger partial charge in [-0.1, -0.05) is 11.8 Å². The number of carbonyl (C=O) groups is 1. The summed E-state index contributed by atoms with van der Waals surface area (Å²) in [6.07, 6.45) is 1.08. The lowest BCUT2D eigenvalue weighted by molar-refractivity contribution is -0.113. The van der Waals surface area contributed by atoms with Crippen LogP contribution in [0.4, 0.5) is 11.4 Å². The van der Waals surface area contributed by atoms with E-state index >= 15 is 0 Å². The average molecular weight is 411 g/mol. The molecule has 2 heterocycles. The van der Waals surface area contributed by atoms with Crippen molar-refractivity contribution < 1.29 is 17.6 Å². The minimum Gasteiger partial charge on any atom is -0.416 e. The van der Waals surface area contributed by atoms with Gasteiger partial charge in [0.1, 0.15) is 0 Å². The summed E-state index contributed by atoms with van der Waals surface area (Å²) >= 11 is 1.16. The molecule has 0 aliphatic carbocycles. The molecule has 3 rings (SSSR count). The van der Waals surface area contributed by atoms with Crippen LogP contribution >= 0.6 is 11.8 Å². The molecule has 0 bridgehead atoms. The third kappa shape index (κ3) is 5.70. The molecule has 1 aliphatic heterocycles. The molecule has 1 N–H and O–H groups in total. The Hall–Kier alpha value is -2.07. The van der Waals surface area contributed by atoms with Gasteiger partial charge in [0.15, 0.2) is 9.84 Å². The maximum Gasteiger partial charge on any atom is 0.277 e. The van der Waals surface area contributed by atoms with Crippen LogP contribution in [0.5, 0.6) is 0 Å². The number of rotatable bonds is 7. The Morgan fingerprint density at radius 2 is 2.04 bits per heavy atom. The Kier molecular flexibility index (Phi) is 6.05. The summed E-state index contributed by atoms with van der Waals surface area (Å²) in [5.74, 6) is 0.824. The van der Waals surface area contributed by atoms with Gasteiger partial charge in [-0.15, -0.1) is 10.2 Å². The predicted molar refractivity (Wildman–Crippen MR) is 105 cm³/mol. The van der Waals surface area contributed by atoms with E-state index in [0.717, 1.165) is 23.1 Å². The van der Waals surface area contributed by atoms with E-state index in [1.807, 2.05) is 43.3 Å². The first kappa shape index (κ1) is 19.7. The van der Waals surface area contributed by atoms with Crippen molar-refractivity contribution in [3.8, 4) is 0 Å². The summed E-state index contributed by atoms with van der Waals surface area (Å²) in [5, 5.41) is 11.0. The third-order valence-electron chi connectivity index (χ3n) is 4.23. The van der Waals surface area contributed by atoms with Crippen molar-refractivity contribution in [2.24, 2.45) is 5.92 Å². The fourth-order valence-electron chi connectivity index (χ4n) is 2.83. The molecule has 1 saturated heterocycles. The lowest BCUT2D eigenvalue weighted by Gasteiger charge is -2.12. The largest absolute Gasteiger partial charge is 0.416 e. The number of nitrogens with one attached hydrogen (secondary N) is 1. The molecule has 0 unspecified atom stereocenters. The van der Waals surface area contributed by atoms with Crippen molar-refractivity contribution in [2.45, 2.75) is 18.1 Å². The van der Waals surface area contributed by atoms with Gasteiger partial charge in [0, 0.05) is 31.9 Å². The second kappa shape index (κ2) is 8.30. The van der Waals surface area contributed by atoms with Gasteiger partial charge in [0.05, 0.1) is 17.3 Å². The van der Waals surface area contributed by atoms with Crippen LogP contribution < -0.4 is 10.2 Å². The predicted octanol–water partition coefficient (Wildman–Crippen LogP) is 1.84. The topological polar surface area (TPSA) is 105 Å². The summed E-state index contributed by atoms with van der Waals surface area (Å²) in [6, 6.07) is 7.54. The molecule has 1 fully saturated rings. The van der Waals surface area contributed by atoms with Gasteiger partial charge in [-0.25, -0.2) is 8.42 Å². The monoisotopic (exact) mass is 410 g/mol. The summed E-state index contributed by atoms with van der Waals surface area (Å²) < 4.78 is 28.5. The maximum atomic E-state index is 12.1. The van der Waals surface area contributed by atoms with Crippen molar-refractivity contribution in [3.05, 3.63) is 30.2 Å². The molecule has 1 atom stereocenters. The van der Waals surface area contributed by atoms with Gasteiger partial charge >= 0.3 is 0 Å². The minimum absolute atomic E-state index is 0.0294. The van der Waals surface area contributed by atoms with Crippen molar-refractivity contribution in [2.75, 3.05) is 41.6 Å². The molecule has 0 radical (unpaired) electrons. The smallest absolute Gasteiger partial charge is 0.277 e. The summed E-state index contributed by atoms with van der Waals surface area (Å²) in [4.78, 5) is 14.0. The van der Waals surface area contributed by atoms with Crippen molar-refractivity contribution in [1.29, 1.82) is 0 Å². The number of thioether (sulfide) groups is 1. The molecule has 1 amide bonds. The van der Waals surface area contributed by atoms with E-state index in [1.165, 1.54) is 0 Å². The van der Waals surface area contributed by atoms with Gasteiger partial charge in [-0.05, 0) is 36.6 Å². The molecule has 0 spiro atoms. The van der Waals surface area contributed by atoms with Gasteiger partial charge < -0.3 is 14.6 Å². The number of nitrogens with zero attached hydrogens (tertiary/aromatic N) is 3. The van der Waals surface area contributed by atoms with Crippen LogP contribution in [0.2, 0.25) is 0 Å². The zero-order valence-corrected chi connectivity index (χ0v) is 16.8. The Bertz CT molecular complexity index is 894. The molecule has 10 heteroatoms. The maximum absolute atomic E-state index is 12.1. The first-order valence-corrected chi connectivity index (χ1v) is 11.3. The summed E-state index contributed by atoms with van der Waals surface area (Å²) in [7, 11) is 0.988. The van der Waals surface area contributed by atoms with E-state index in [4.69, 9.17) is 4.42 Å². The molecule has 1 aromatic carbocycles. The van der Waals surface area contributed by atoms with Gasteiger partial charge in [0.2, 0.25) is 11.8 Å². The Morgan fingerprint density at radius 1 is 1.30 bits per heavy atom. The Labute approximate surface area is 162 Å². The van der Waals surface area contributed by atoms with Crippen LogP contribution in [-0.4, -0.2) is 55.9 Å². The molecule has 1 aromatic heterocycles. The minimum atomic E-state index is -2.92. The number of anilines is 2. The quantitative estimate of drug-likeness (QED) is 0.690. The molecule has 8 nitrogen and oxygen atoms in total. The second-order valence-corrected chi connectivity index (χ2v) is 9.87. The molecule has 2 aromatic rings. The Morgan fingerprint density at radius 3 is 2.67 bits per heavy atom. The highest BCUT2D eigenvalue weighted by Gasteiger charge is 2.29. The summed E-state index contributed by atoms with van der Waals surface area (Å²) in [6.45, 7) is 0. The standard InChI is InChI=1S/C17H22N4O4S2/c1-21(2)14-5-3-13(4-6-14)18-15(22)10-26-17-20-19-16(25-17)9-12-7-8-27(23,24)11-12/h3-6,12H,7-11H2,1-2H3,(H,18,22)/t12-/m1/s1. The number of hydrogen-bond donors (Lipinski definition) is 1. The van der Waals surface area contributed by atoms with Crippen molar-refractivity contribution >= 4 is 38.9 Å². The third-order valence-corrected chi connectivity index (χ3v) is 6.89. The molecule has 27 heavy (non-hydrogen) atoms. The molecule has 1 aliphatic rings. The number of carbonyl (C=O) groups excluding carboxylic acids is 1.